The number of rotatable bonds is 6. The number of hydrogen-bond acceptors (Lipinski definition) is 2. The van der Waals surface area contributed by atoms with Gasteiger partial charge in [0.1, 0.15) is 5.82 Å². The first-order valence-corrected chi connectivity index (χ1v) is 6.89. The number of aliphatic hydroxyl groups is 1. The molecule has 112 valence electrons. The van der Waals surface area contributed by atoms with Gasteiger partial charge in [0.2, 0.25) is 0 Å². The van der Waals surface area contributed by atoms with Crippen molar-refractivity contribution in [3.63, 3.8) is 0 Å². The molecular weight excluding hydrogens is 283 g/mol. The monoisotopic (exact) mass is 302 g/mol. The first kappa shape index (κ1) is 16.7. The largest absolute Gasteiger partial charge is 0.393 e. The second-order valence-corrected chi connectivity index (χ2v) is 5.15. The number of nitrogens with one attached hydrogen (secondary N) is 1. The summed E-state index contributed by atoms with van der Waals surface area (Å²) >= 11 is 5.90. The van der Waals surface area contributed by atoms with Crippen LogP contribution in [0.4, 0.5) is 9.18 Å². The molecule has 0 aliphatic carbocycles. The van der Waals surface area contributed by atoms with E-state index in [0.717, 1.165) is 0 Å². The fraction of sp³-hybridized carbons (Fsp3) is 0.500. The molecule has 0 spiro atoms. The van der Waals surface area contributed by atoms with Crippen molar-refractivity contribution in [1.82, 2.24) is 10.2 Å². The highest BCUT2D eigenvalue weighted by molar-refractivity contribution is 6.31. The van der Waals surface area contributed by atoms with Gasteiger partial charge in [0.15, 0.2) is 0 Å². The lowest BCUT2D eigenvalue weighted by Gasteiger charge is -2.18. The highest BCUT2D eigenvalue weighted by Crippen LogP contribution is 2.18. The van der Waals surface area contributed by atoms with Crippen LogP contribution in [0.3, 0.4) is 0 Å². The maximum Gasteiger partial charge on any atom is 0.317 e. The van der Waals surface area contributed by atoms with E-state index in [0.29, 0.717) is 36.5 Å². The minimum atomic E-state index is -0.442. The van der Waals surface area contributed by atoms with Crippen molar-refractivity contribution in [2.75, 3.05) is 20.1 Å². The van der Waals surface area contributed by atoms with Gasteiger partial charge in [-0.25, -0.2) is 9.18 Å². The molecule has 20 heavy (non-hydrogen) atoms. The summed E-state index contributed by atoms with van der Waals surface area (Å²) in [6, 6.07) is 4.26. The number of nitrogens with zero attached hydrogens (tertiary/aromatic N) is 1. The van der Waals surface area contributed by atoms with Crippen molar-refractivity contribution in [2.45, 2.75) is 25.9 Å². The van der Waals surface area contributed by atoms with E-state index >= 15 is 0 Å². The highest BCUT2D eigenvalue weighted by Gasteiger charge is 2.10. The number of carbonyl (C=O) groups is 1. The van der Waals surface area contributed by atoms with Crippen LogP contribution in [-0.4, -0.2) is 42.3 Å². The average molecular weight is 303 g/mol. The molecule has 0 radical (unpaired) electrons. The molecule has 0 aromatic heterocycles. The van der Waals surface area contributed by atoms with Crippen LogP contribution in [0.2, 0.25) is 5.02 Å². The molecule has 0 saturated heterocycles. The predicted octanol–water partition coefficient (Wildman–Crippen LogP) is 2.43. The quantitative estimate of drug-likeness (QED) is 0.848. The second kappa shape index (κ2) is 8.07. The van der Waals surface area contributed by atoms with Crippen LogP contribution in [-0.2, 0) is 6.42 Å². The van der Waals surface area contributed by atoms with E-state index in [2.05, 4.69) is 5.32 Å². The van der Waals surface area contributed by atoms with Gasteiger partial charge >= 0.3 is 6.03 Å². The lowest BCUT2D eigenvalue weighted by molar-refractivity contribution is 0.163. The Labute approximate surface area is 123 Å². The lowest BCUT2D eigenvalue weighted by Crippen LogP contribution is -2.39. The Morgan fingerprint density at radius 2 is 2.25 bits per heavy atom. The highest BCUT2D eigenvalue weighted by atomic mass is 35.5. The molecule has 6 heteroatoms. The Morgan fingerprint density at radius 1 is 1.55 bits per heavy atom. The molecule has 2 amide bonds. The van der Waals surface area contributed by atoms with Gasteiger partial charge in [-0.2, -0.15) is 0 Å². The number of amides is 2. The second-order valence-electron chi connectivity index (χ2n) is 4.74. The van der Waals surface area contributed by atoms with E-state index in [1.54, 1.807) is 26.1 Å². The van der Waals surface area contributed by atoms with Crippen molar-refractivity contribution >= 4 is 17.6 Å². The van der Waals surface area contributed by atoms with E-state index in [9.17, 15) is 9.18 Å². The van der Waals surface area contributed by atoms with Gasteiger partial charge in [0.05, 0.1) is 6.10 Å². The number of benzene rings is 1. The average Bonchev–Trinajstić information content (AvgIpc) is 2.39. The summed E-state index contributed by atoms with van der Waals surface area (Å²) in [6.07, 6.45) is 0.410. The molecule has 0 heterocycles. The molecular formula is C14H20ClFN2O2. The Morgan fingerprint density at radius 3 is 2.85 bits per heavy atom. The van der Waals surface area contributed by atoms with Crippen molar-refractivity contribution in [3.05, 3.63) is 34.6 Å². The first-order chi connectivity index (χ1) is 9.41. The number of halogens is 2. The number of hydrogen-bond donors (Lipinski definition) is 2. The van der Waals surface area contributed by atoms with Crippen LogP contribution in [0.25, 0.3) is 0 Å². The van der Waals surface area contributed by atoms with Gasteiger partial charge in [-0.1, -0.05) is 17.7 Å². The third-order valence-corrected chi connectivity index (χ3v) is 3.30. The smallest absolute Gasteiger partial charge is 0.317 e. The molecule has 1 unspecified atom stereocenters. The summed E-state index contributed by atoms with van der Waals surface area (Å²) in [5.74, 6) is -0.366. The zero-order valence-corrected chi connectivity index (χ0v) is 12.5. The van der Waals surface area contributed by atoms with Crippen molar-refractivity contribution in [1.29, 1.82) is 0 Å². The van der Waals surface area contributed by atoms with Gasteiger partial charge in [-0.05, 0) is 31.9 Å². The van der Waals surface area contributed by atoms with Crippen LogP contribution in [0.15, 0.2) is 18.2 Å². The number of carbonyl (C=O) groups excluding carboxylic acids is 1. The Balaban J connectivity index is 2.38. The molecule has 1 aromatic carbocycles. The van der Waals surface area contributed by atoms with Crippen molar-refractivity contribution in [3.8, 4) is 0 Å². The summed E-state index contributed by atoms with van der Waals surface area (Å²) in [5.41, 5.74) is 0.404. The molecule has 0 aliphatic rings. The van der Waals surface area contributed by atoms with E-state index < -0.39 is 6.10 Å². The minimum absolute atomic E-state index is 0.252. The van der Waals surface area contributed by atoms with Crippen LogP contribution >= 0.6 is 11.6 Å². The van der Waals surface area contributed by atoms with Gasteiger partial charge < -0.3 is 15.3 Å². The van der Waals surface area contributed by atoms with Crippen molar-refractivity contribution in [2.24, 2.45) is 0 Å². The van der Waals surface area contributed by atoms with Gasteiger partial charge in [-0.3, -0.25) is 0 Å². The third kappa shape index (κ3) is 5.35. The van der Waals surface area contributed by atoms with E-state index in [4.69, 9.17) is 16.7 Å². The van der Waals surface area contributed by atoms with Crippen LogP contribution in [0.1, 0.15) is 18.9 Å². The number of aliphatic hydroxyl groups excluding tert-OH is 1. The maximum absolute atomic E-state index is 13.5. The Bertz CT molecular complexity index is 435. The van der Waals surface area contributed by atoms with Crippen molar-refractivity contribution < 1.29 is 14.3 Å². The Kier molecular flexibility index (Phi) is 6.75. The van der Waals surface area contributed by atoms with Gasteiger partial charge in [0.25, 0.3) is 0 Å². The standard InChI is InChI=1S/C14H20ClFN2O2/c1-10(19)7-9-18(2)14(20)17-8-6-11-12(15)4-3-5-13(11)16/h3-5,10,19H,6-9H2,1-2H3,(H,17,20). The molecule has 0 aliphatic heterocycles. The lowest BCUT2D eigenvalue weighted by atomic mass is 10.1. The molecule has 4 nitrogen and oxygen atoms in total. The molecule has 1 atom stereocenters. The topological polar surface area (TPSA) is 52.6 Å². The molecule has 0 saturated carbocycles. The van der Waals surface area contributed by atoms with Gasteiger partial charge in [-0.15, -0.1) is 0 Å². The van der Waals surface area contributed by atoms with E-state index in [1.165, 1.54) is 11.0 Å². The molecule has 2 N–H and O–H groups in total. The normalized spacial score (nSPS) is 12.1. The summed E-state index contributed by atoms with van der Waals surface area (Å²) in [6.45, 7) is 2.44. The summed E-state index contributed by atoms with van der Waals surface area (Å²) in [4.78, 5) is 13.2. The zero-order valence-electron chi connectivity index (χ0n) is 11.7. The summed E-state index contributed by atoms with van der Waals surface area (Å²) in [7, 11) is 1.65. The Hall–Kier alpha value is -1.33. The summed E-state index contributed by atoms with van der Waals surface area (Å²) < 4.78 is 13.5. The third-order valence-electron chi connectivity index (χ3n) is 2.94. The van der Waals surface area contributed by atoms with Crippen LogP contribution < -0.4 is 5.32 Å². The first-order valence-electron chi connectivity index (χ1n) is 6.51. The van der Waals surface area contributed by atoms with Crippen LogP contribution in [0, 0.1) is 5.82 Å². The zero-order chi connectivity index (χ0) is 15.1. The predicted molar refractivity (Wildman–Crippen MR) is 77.4 cm³/mol. The maximum atomic E-state index is 13.5. The molecule has 0 fully saturated rings. The minimum Gasteiger partial charge on any atom is -0.393 e. The molecule has 1 aromatic rings. The SMILES string of the molecule is CC(O)CCN(C)C(=O)NCCc1c(F)cccc1Cl. The number of urea groups is 1. The fourth-order valence-corrected chi connectivity index (χ4v) is 1.94. The van der Waals surface area contributed by atoms with Crippen LogP contribution in [0.5, 0.6) is 0 Å². The van der Waals surface area contributed by atoms with Gasteiger partial charge in [0, 0.05) is 30.7 Å². The fourth-order valence-electron chi connectivity index (χ4n) is 1.68. The van der Waals surface area contributed by atoms with E-state index in [-0.39, 0.29) is 11.8 Å². The molecule has 0 bridgehead atoms. The summed E-state index contributed by atoms with van der Waals surface area (Å²) in [5, 5.41) is 12.2. The van der Waals surface area contributed by atoms with E-state index in [1.807, 2.05) is 0 Å². The molecule has 1 rings (SSSR count).